The Morgan fingerprint density at radius 2 is 1.95 bits per heavy atom. The van der Waals surface area contributed by atoms with E-state index >= 15 is 0 Å². The van der Waals surface area contributed by atoms with Gasteiger partial charge in [0.25, 0.3) is 0 Å². The van der Waals surface area contributed by atoms with Gasteiger partial charge in [0.1, 0.15) is 0 Å². The topological polar surface area (TPSA) is 94.0 Å². The summed E-state index contributed by atoms with van der Waals surface area (Å²) >= 11 is 0. The zero-order valence-corrected chi connectivity index (χ0v) is 11.6. The molecule has 0 bridgehead atoms. The van der Waals surface area contributed by atoms with Gasteiger partial charge in [-0.2, -0.15) is 0 Å². The highest BCUT2D eigenvalue weighted by Gasteiger charge is 2.29. The number of aromatic nitrogens is 2. The lowest BCUT2D eigenvalue weighted by Gasteiger charge is -2.25. The van der Waals surface area contributed by atoms with E-state index in [-0.39, 0.29) is 5.91 Å². The van der Waals surface area contributed by atoms with Crippen LogP contribution in [-0.2, 0) is 4.79 Å². The van der Waals surface area contributed by atoms with Crippen LogP contribution in [0, 0.1) is 0 Å². The summed E-state index contributed by atoms with van der Waals surface area (Å²) in [5.41, 5.74) is 6.71. The van der Waals surface area contributed by atoms with Gasteiger partial charge in [0.15, 0.2) is 0 Å². The van der Waals surface area contributed by atoms with Crippen molar-refractivity contribution >= 4 is 11.6 Å². The molecule has 0 aliphatic carbocycles. The lowest BCUT2D eigenvalue weighted by atomic mass is 9.93. The second-order valence-electron chi connectivity index (χ2n) is 4.64. The van der Waals surface area contributed by atoms with Gasteiger partial charge >= 0.3 is 0 Å². The van der Waals surface area contributed by atoms with Gasteiger partial charge in [-0.15, -0.1) is 10.2 Å². The summed E-state index contributed by atoms with van der Waals surface area (Å²) in [5, 5.41) is 10.3. The molecule has 0 saturated carbocycles. The van der Waals surface area contributed by atoms with E-state index in [1.54, 1.807) is 24.3 Å². The summed E-state index contributed by atoms with van der Waals surface area (Å²) in [6, 6.07) is 7.17. The predicted octanol–water partition coefficient (Wildman–Crippen LogP) is 2.19. The minimum atomic E-state index is -0.828. The number of nitrogens with two attached hydrogens (primary N) is 1. The molecular weight excluding hydrogens is 256 g/mol. The van der Waals surface area contributed by atoms with Crippen LogP contribution in [0.1, 0.15) is 26.7 Å². The molecule has 1 aromatic carbocycles. The van der Waals surface area contributed by atoms with Gasteiger partial charge in [-0.1, -0.05) is 13.8 Å². The maximum atomic E-state index is 12.1. The second kappa shape index (κ2) is 5.83. The molecule has 0 atom stereocenters. The van der Waals surface area contributed by atoms with E-state index in [1.807, 2.05) is 13.8 Å². The van der Waals surface area contributed by atoms with Gasteiger partial charge in [-0.25, -0.2) is 0 Å². The van der Waals surface area contributed by atoms with E-state index in [9.17, 15) is 4.79 Å². The van der Waals surface area contributed by atoms with Crippen molar-refractivity contribution in [2.45, 2.75) is 32.2 Å². The van der Waals surface area contributed by atoms with Gasteiger partial charge < -0.3 is 15.5 Å². The molecule has 0 saturated heterocycles. The van der Waals surface area contributed by atoms with Gasteiger partial charge in [0, 0.05) is 11.3 Å². The predicted molar refractivity (Wildman–Crippen MR) is 75.9 cm³/mol. The van der Waals surface area contributed by atoms with Gasteiger partial charge in [0.05, 0.1) is 5.54 Å². The first-order chi connectivity index (χ1) is 9.59. The van der Waals surface area contributed by atoms with Crippen molar-refractivity contribution in [3.63, 3.8) is 0 Å². The van der Waals surface area contributed by atoms with Gasteiger partial charge in [0.2, 0.25) is 18.2 Å². The molecule has 2 rings (SSSR count). The molecular formula is C14H18N4O2. The highest BCUT2D eigenvalue weighted by Crippen LogP contribution is 2.20. The number of nitrogens with zero attached hydrogens (tertiary/aromatic N) is 2. The first kappa shape index (κ1) is 14.2. The third-order valence-electron chi connectivity index (χ3n) is 3.46. The van der Waals surface area contributed by atoms with Crippen molar-refractivity contribution in [1.29, 1.82) is 0 Å². The molecule has 6 heteroatoms. The molecule has 0 radical (unpaired) electrons. The number of carbonyl (C=O) groups excluding carboxylic acids is 1. The summed E-state index contributed by atoms with van der Waals surface area (Å²) in [7, 11) is 0. The molecule has 2 aromatic rings. The zero-order valence-electron chi connectivity index (χ0n) is 11.6. The molecule has 6 nitrogen and oxygen atoms in total. The van der Waals surface area contributed by atoms with Crippen LogP contribution in [-0.4, -0.2) is 21.6 Å². The van der Waals surface area contributed by atoms with E-state index in [0.29, 0.717) is 24.4 Å². The highest BCUT2D eigenvalue weighted by atomic mass is 16.4. The van der Waals surface area contributed by atoms with Crippen molar-refractivity contribution in [2.75, 3.05) is 5.32 Å². The molecule has 20 heavy (non-hydrogen) atoms. The van der Waals surface area contributed by atoms with Crippen LogP contribution < -0.4 is 11.1 Å². The molecule has 0 unspecified atom stereocenters. The van der Waals surface area contributed by atoms with Crippen molar-refractivity contribution in [3.8, 4) is 11.5 Å². The van der Waals surface area contributed by atoms with Crippen molar-refractivity contribution < 1.29 is 9.21 Å². The quantitative estimate of drug-likeness (QED) is 0.871. The summed E-state index contributed by atoms with van der Waals surface area (Å²) in [5.74, 6) is 0.270. The Morgan fingerprint density at radius 1 is 1.30 bits per heavy atom. The Bertz CT molecular complexity index is 559. The molecule has 0 spiro atoms. The van der Waals surface area contributed by atoms with Gasteiger partial charge in [-0.3, -0.25) is 4.79 Å². The fourth-order valence-corrected chi connectivity index (χ4v) is 1.82. The maximum absolute atomic E-state index is 12.1. The number of nitrogens with one attached hydrogen (secondary N) is 1. The summed E-state index contributed by atoms with van der Waals surface area (Å²) in [4.78, 5) is 12.1. The minimum absolute atomic E-state index is 0.173. The van der Waals surface area contributed by atoms with Crippen LogP contribution in [0.4, 0.5) is 5.69 Å². The van der Waals surface area contributed by atoms with Crippen LogP contribution in [0.15, 0.2) is 35.1 Å². The third kappa shape index (κ3) is 2.85. The Labute approximate surface area is 117 Å². The third-order valence-corrected chi connectivity index (χ3v) is 3.46. The lowest BCUT2D eigenvalue weighted by Crippen LogP contribution is -2.50. The number of hydrogen-bond acceptors (Lipinski definition) is 5. The molecule has 0 fully saturated rings. The number of anilines is 1. The lowest BCUT2D eigenvalue weighted by molar-refractivity contribution is -0.121. The Hall–Kier alpha value is -2.21. The number of amides is 1. The summed E-state index contributed by atoms with van der Waals surface area (Å²) in [6.45, 7) is 3.81. The van der Waals surface area contributed by atoms with Crippen LogP contribution >= 0.6 is 0 Å². The van der Waals surface area contributed by atoms with Crippen molar-refractivity contribution in [3.05, 3.63) is 30.7 Å². The van der Waals surface area contributed by atoms with E-state index in [2.05, 4.69) is 15.5 Å². The molecule has 0 aliphatic heterocycles. The number of carbonyl (C=O) groups is 1. The standard InChI is InChI=1S/C14H18N4O2/c1-3-14(15,4-2)13(19)17-11-7-5-10(6-8-11)12-18-16-9-20-12/h5-9H,3-4,15H2,1-2H3,(H,17,19). The number of hydrogen-bond donors (Lipinski definition) is 2. The molecule has 0 aliphatic rings. The average molecular weight is 274 g/mol. The van der Waals surface area contributed by atoms with Gasteiger partial charge in [-0.05, 0) is 37.1 Å². The Kier molecular flexibility index (Phi) is 4.14. The van der Waals surface area contributed by atoms with Crippen molar-refractivity contribution in [1.82, 2.24) is 10.2 Å². The Morgan fingerprint density at radius 3 is 2.45 bits per heavy atom. The molecule has 106 valence electrons. The summed E-state index contributed by atoms with van der Waals surface area (Å²) < 4.78 is 5.10. The van der Waals surface area contributed by atoms with Crippen LogP contribution in [0.3, 0.4) is 0 Å². The first-order valence-corrected chi connectivity index (χ1v) is 6.56. The van der Waals surface area contributed by atoms with E-state index < -0.39 is 5.54 Å². The monoisotopic (exact) mass is 274 g/mol. The second-order valence-corrected chi connectivity index (χ2v) is 4.64. The Balaban J connectivity index is 2.10. The summed E-state index contributed by atoms with van der Waals surface area (Å²) in [6.07, 6.45) is 2.46. The fraction of sp³-hybridized carbons (Fsp3) is 0.357. The SMILES string of the molecule is CCC(N)(CC)C(=O)Nc1ccc(-c2nnco2)cc1. The number of benzene rings is 1. The van der Waals surface area contributed by atoms with Crippen molar-refractivity contribution in [2.24, 2.45) is 5.73 Å². The largest absolute Gasteiger partial charge is 0.423 e. The fourth-order valence-electron chi connectivity index (χ4n) is 1.82. The first-order valence-electron chi connectivity index (χ1n) is 6.56. The maximum Gasteiger partial charge on any atom is 0.247 e. The zero-order chi connectivity index (χ0) is 14.6. The average Bonchev–Trinajstić information content (AvgIpc) is 3.01. The highest BCUT2D eigenvalue weighted by molar-refractivity contribution is 5.98. The smallest absolute Gasteiger partial charge is 0.247 e. The van der Waals surface area contributed by atoms with Crippen LogP contribution in [0.5, 0.6) is 0 Å². The molecule has 1 aromatic heterocycles. The van der Waals surface area contributed by atoms with Crippen LogP contribution in [0.2, 0.25) is 0 Å². The molecule has 3 N–H and O–H groups in total. The van der Waals surface area contributed by atoms with E-state index in [0.717, 1.165) is 5.56 Å². The molecule has 1 heterocycles. The number of rotatable bonds is 5. The molecule has 1 amide bonds. The minimum Gasteiger partial charge on any atom is -0.423 e. The van der Waals surface area contributed by atoms with Crippen LogP contribution in [0.25, 0.3) is 11.5 Å². The normalized spacial score (nSPS) is 11.3. The van der Waals surface area contributed by atoms with E-state index in [1.165, 1.54) is 6.39 Å². The van der Waals surface area contributed by atoms with E-state index in [4.69, 9.17) is 10.2 Å².